The molecule has 0 saturated heterocycles. The second-order valence-corrected chi connectivity index (χ2v) is 16.4. The molecule has 52 heavy (non-hydrogen) atoms. The van der Waals surface area contributed by atoms with Gasteiger partial charge in [-0.25, -0.2) is 9.97 Å². The van der Waals surface area contributed by atoms with Gasteiger partial charge in [-0.1, -0.05) is 113 Å². The zero-order chi connectivity index (χ0) is 35.3. The van der Waals surface area contributed by atoms with Crippen LogP contribution in [0.5, 0.6) is 0 Å². The second-order valence-electron chi connectivity index (χ2n) is 14.3. The van der Waals surface area contributed by atoms with Crippen LogP contribution in [0.4, 0.5) is 0 Å². The van der Waals surface area contributed by atoms with Crippen LogP contribution in [0.3, 0.4) is 0 Å². The molecule has 0 N–H and O–H groups in total. The van der Waals surface area contributed by atoms with Crippen LogP contribution < -0.4 is 0 Å². The normalized spacial score (nSPS) is 12.0. The number of hydrogen-bond donors (Lipinski definition) is 0. The summed E-state index contributed by atoms with van der Waals surface area (Å²) >= 11 is 3.46. The lowest BCUT2D eigenvalue weighted by molar-refractivity contribution is 0.667. The molecule has 2 nitrogen and oxygen atoms in total. The van der Waals surface area contributed by atoms with E-state index in [-0.39, 0.29) is 0 Å². The fourth-order valence-electron chi connectivity index (χ4n) is 7.34. The van der Waals surface area contributed by atoms with Crippen LogP contribution in [0.25, 0.3) is 76.4 Å². The summed E-state index contributed by atoms with van der Waals surface area (Å²) in [5.74, 6) is 0. The molecule has 8 rings (SSSR count). The van der Waals surface area contributed by atoms with Crippen LogP contribution >= 0.6 is 22.7 Å². The molecule has 0 unspecified atom stereocenters. The number of nitrogens with zero attached hydrogens (tertiary/aromatic N) is 2. The first-order valence-electron chi connectivity index (χ1n) is 19.2. The molecule has 0 bridgehead atoms. The van der Waals surface area contributed by atoms with Crippen LogP contribution in [0, 0.1) is 0 Å². The van der Waals surface area contributed by atoms with E-state index in [1.165, 1.54) is 118 Å². The molecule has 0 aliphatic heterocycles. The molecule has 260 valence electrons. The summed E-state index contributed by atoms with van der Waals surface area (Å²) in [7, 11) is 0. The lowest BCUT2D eigenvalue weighted by Gasteiger charge is -2.07. The highest BCUT2D eigenvalue weighted by atomic mass is 32.1. The van der Waals surface area contributed by atoms with Gasteiger partial charge < -0.3 is 0 Å². The zero-order valence-corrected chi connectivity index (χ0v) is 32.0. The van der Waals surface area contributed by atoms with Crippen LogP contribution in [-0.4, -0.2) is 9.97 Å². The smallest absolute Gasteiger partial charge is 0.123 e. The molecule has 6 aromatic carbocycles. The summed E-state index contributed by atoms with van der Waals surface area (Å²) in [4.78, 5) is 11.9. The molecule has 4 heteroatoms. The van der Waals surface area contributed by atoms with Crippen molar-refractivity contribution in [2.24, 2.45) is 0 Å². The van der Waals surface area contributed by atoms with Gasteiger partial charge in [0.1, 0.15) is 10.0 Å². The summed E-state index contributed by atoms with van der Waals surface area (Å²) in [6.45, 7) is 4.54. The number of fused-ring (bicyclic) bond motifs is 4. The Bertz CT molecular complexity index is 2340. The number of rotatable bonds is 14. The van der Waals surface area contributed by atoms with E-state index in [1.54, 1.807) is 22.7 Å². The van der Waals surface area contributed by atoms with Crippen LogP contribution in [0.15, 0.2) is 109 Å². The maximum Gasteiger partial charge on any atom is 0.123 e. The molecule has 0 spiro atoms. The second kappa shape index (κ2) is 15.9. The third-order valence-corrected chi connectivity index (χ3v) is 12.3. The topological polar surface area (TPSA) is 25.8 Å². The molecule has 2 aromatic heterocycles. The standard InChI is InChI=1S/C48H46N2S2/c1-3-5-7-9-11-33-13-15-35-27-43-29-39(19-17-37(43)25-41(35)23-33)47-49-31-45(51-47)21-22-46-32-50-48(52-46)40-20-18-38-26-42-24-34(12-10-8-6-4-2)14-16-36(42)28-44(38)30-40/h13-32H,3-12H2,1-2H3/b22-21+. The number of benzene rings is 6. The van der Waals surface area contributed by atoms with Crippen molar-refractivity contribution >= 4 is 77.9 Å². The number of thiazole rings is 2. The van der Waals surface area contributed by atoms with Gasteiger partial charge in [0.15, 0.2) is 0 Å². The minimum atomic E-state index is 1.04. The Kier molecular flexibility index (Phi) is 10.6. The molecule has 0 atom stereocenters. The number of aromatic nitrogens is 2. The number of hydrogen-bond acceptors (Lipinski definition) is 4. The zero-order valence-electron chi connectivity index (χ0n) is 30.3. The van der Waals surface area contributed by atoms with E-state index in [2.05, 4.69) is 123 Å². The lowest BCUT2D eigenvalue weighted by atomic mass is 9.98. The summed E-state index contributed by atoms with van der Waals surface area (Å²) in [5.41, 5.74) is 5.22. The van der Waals surface area contributed by atoms with Gasteiger partial charge in [0.25, 0.3) is 0 Å². The third kappa shape index (κ3) is 7.89. The Balaban J connectivity index is 0.945. The fourth-order valence-corrected chi connectivity index (χ4v) is 8.97. The minimum absolute atomic E-state index is 1.04. The van der Waals surface area contributed by atoms with E-state index in [0.29, 0.717) is 0 Å². The number of aryl methyl sites for hydroxylation is 2. The van der Waals surface area contributed by atoms with Crippen molar-refractivity contribution in [2.45, 2.75) is 78.1 Å². The van der Waals surface area contributed by atoms with Crippen molar-refractivity contribution in [3.05, 3.63) is 130 Å². The predicted molar refractivity (Wildman–Crippen MR) is 230 cm³/mol. The Morgan fingerprint density at radius 2 is 0.827 bits per heavy atom. The predicted octanol–water partition coefficient (Wildman–Crippen LogP) is 15.0. The highest BCUT2D eigenvalue weighted by molar-refractivity contribution is 7.16. The van der Waals surface area contributed by atoms with E-state index >= 15 is 0 Å². The van der Waals surface area contributed by atoms with Crippen molar-refractivity contribution in [1.82, 2.24) is 9.97 Å². The SMILES string of the molecule is CCCCCCc1ccc2cc3cc(-c4ncc(/C=C/c5cnc(-c6ccc7cc8cc(CCCCCC)ccc8cc7c6)s5)s4)ccc3cc2c1. The summed E-state index contributed by atoms with van der Waals surface area (Å²) in [5, 5.41) is 12.4. The Morgan fingerprint density at radius 3 is 1.25 bits per heavy atom. The number of unbranched alkanes of at least 4 members (excludes halogenated alkanes) is 6. The summed E-state index contributed by atoms with van der Waals surface area (Å²) in [6.07, 6.45) is 21.0. The largest absolute Gasteiger partial charge is 0.244 e. The molecule has 0 fully saturated rings. The van der Waals surface area contributed by atoms with E-state index < -0.39 is 0 Å². The molecule has 0 aliphatic carbocycles. The fraction of sp³-hybridized carbons (Fsp3) is 0.250. The van der Waals surface area contributed by atoms with Gasteiger partial charge >= 0.3 is 0 Å². The van der Waals surface area contributed by atoms with Gasteiger partial charge in [-0.15, -0.1) is 22.7 Å². The maximum absolute atomic E-state index is 4.80. The van der Waals surface area contributed by atoms with Gasteiger partial charge in [0.2, 0.25) is 0 Å². The Labute approximate surface area is 315 Å². The summed E-state index contributed by atoms with van der Waals surface area (Å²) < 4.78 is 0. The van der Waals surface area contributed by atoms with Gasteiger partial charge in [-0.3, -0.25) is 0 Å². The average Bonchev–Trinajstić information content (AvgIpc) is 3.86. The first-order valence-corrected chi connectivity index (χ1v) is 20.8. The molecule has 0 aliphatic rings. The minimum Gasteiger partial charge on any atom is -0.244 e. The Hall–Kier alpha value is -4.64. The van der Waals surface area contributed by atoms with Crippen LogP contribution in [0.2, 0.25) is 0 Å². The van der Waals surface area contributed by atoms with Gasteiger partial charge in [0, 0.05) is 33.3 Å². The molecule has 0 amide bonds. The molecule has 0 radical (unpaired) electrons. The molecular formula is C48H46N2S2. The van der Waals surface area contributed by atoms with Crippen molar-refractivity contribution in [1.29, 1.82) is 0 Å². The quantitative estimate of drug-likeness (QED) is 0.0828. The van der Waals surface area contributed by atoms with Crippen LogP contribution in [-0.2, 0) is 12.8 Å². The van der Waals surface area contributed by atoms with Gasteiger partial charge in [0.05, 0.1) is 0 Å². The first-order chi connectivity index (χ1) is 25.6. The third-order valence-electron chi connectivity index (χ3n) is 10.3. The monoisotopic (exact) mass is 714 g/mol. The first kappa shape index (κ1) is 34.4. The molecular weight excluding hydrogens is 669 g/mol. The lowest BCUT2D eigenvalue weighted by Crippen LogP contribution is -1.87. The van der Waals surface area contributed by atoms with Crippen molar-refractivity contribution < 1.29 is 0 Å². The molecule has 0 saturated carbocycles. The van der Waals surface area contributed by atoms with E-state index in [0.717, 1.165) is 30.9 Å². The van der Waals surface area contributed by atoms with E-state index in [9.17, 15) is 0 Å². The van der Waals surface area contributed by atoms with Gasteiger partial charge in [-0.2, -0.15) is 0 Å². The summed E-state index contributed by atoms with van der Waals surface area (Å²) in [6, 6.07) is 36.8. The van der Waals surface area contributed by atoms with Crippen LogP contribution in [0.1, 0.15) is 86.1 Å². The average molecular weight is 715 g/mol. The van der Waals surface area contributed by atoms with Gasteiger partial charge in [-0.05, 0) is 128 Å². The van der Waals surface area contributed by atoms with E-state index in [1.807, 2.05) is 12.4 Å². The van der Waals surface area contributed by atoms with Crippen molar-refractivity contribution in [3.63, 3.8) is 0 Å². The molecule has 8 aromatic rings. The Morgan fingerprint density at radius 1 is 0.423 bits per heavy atom. The van der Waals surface area contributed by atoms with Crippen molar-refractivity contribution in [3.8, 4) is 21.1 Å². The van der Waals surface area contributed by atoms with E-state index in [4.69, 9.17) is 9.97 Å². The molecule has 2 heterocycles. The highest BCUT2D eigenvalue weighted by Crippen LogP contribution is 2.34. The maximum atomic E-state index is 4.80. The highest BCUT2D eigenvalue weighted by Gasteiger charge is 2.09. The van der Waals surface area contributed by atoms with Crippen molar-refractivity contribution in [2.75, 3.05) is 0 Å².